The topological polar surface area (TPSA) is 88.1 Å². The van der Waals surface area contributed by atoms with Gasteiger partial charge in [0.25, 0.3) is 0 Å². The summed E-state index contributed by atoms with van der Waals surface area (Å²) in [7, 11) is 0. The van der Waals surface area contributed by atoms with Crippen molar-refractivity contribution in [1.82, 2.24) is 0 Å². The van der Waals surface area contributed by atoms with Gasteiger partial charge < -0.3 is 18.9 Å². The summed E-state index contributed by atoms with van der Waals surface area (Å²) in [5.74, 6) is 5.54. The standard InChI is InChI=1S/C29H28O7/c1-3-27(30)33-19-29(32)36-26-17-13-24(14-18-26)23-11-7-21(8-12-23)5-6-22-9-15-25(16-10-22)34-20-35-28(31)4-2/h3-4,7-12,15-16,24,26H,1-2,13-14,17-20H2. The summed E-state index contributed by atoms with van der Waals surface area (Å²) in [6.07, 6.45) is 5.30. The lowest BCUT2D eigenvalue weighted by atomic mass is 9.82. The summed E-state index contributed by atoms with van der Waals surface area (Å²) in [4.78, 5) is 33.9. The minimum Gasteiger partial charge on any atom is -0.460 e. The maximum atomic E-state index is 11.8. The molecule has 0 saturated heterocycles. The predicted molar refractivity (Wildman–Crippen MR) is 133 cm³/mol. The molecule has 2 aromatic carbocycles. The molecule has 0 heterocycles. The smallest absolute Gasteiger partial charge is 0.344 e. The van der Waals surface area contributed by atoms with Gasteiger partial charge >= 0.3 is 17.9 Å². The Balaban J connectivity index is 1.44. The molecule has 0 bridgehead atoms. The van der Waals surface area contributed by atoms with Crippen LogP contribution in [0.3, 0.4) is 0 Å². The predicted octanol–water partition coefficient (Wildman–Crippen LogP) is 4.45. The van der Waals surface area contributed by atoms with Crippen LogP contribution in [0.5, 0.6) is 5.75 Å². The van der Waals surface area contributed by atoms with Crippen LogP contribution in [0.15, 0.2) is 73.8 Å². The number of ether oxygens (including phenoxy) is 4. The molecule has 0 amide bonds. The number of hydrogen-bond donors (Lipinski definition) is 0. The number of carbonyl (C=O) groups is 3. The van der Waals surface area contributed by atoms with Gasteiger partial charge in [-0.15, -0.1) is 0 Å². The number of esters is 3. The molecule has 0 aromatic heterocycles. The summed E-state index contributed by atoms with van der Waals surface area (Å²) < 4.78 is 20.2. The Kier molecular flexibility index (Phi) is 9.89. The van der Waals surface area contributed by atoms with E-state index in [1.807, 2.05) is 24.3 Å². The molecule has 186 valence electrons. The SMILES string of the molecule is C=CC(=O)OCOc1ccc(C#Cc2ccc(C3CCC(OC(=O)COC(=O)C=C)CC3)cc2)cc1. The molecular weight excluding hydrogens is 460 g/mol. The second kappa shape index (κ2) is 13.5. The molecule has 1 aliphatic rings. The zero-order valence-corrected chi connectivity index (χ0v) is 19.9. The molecule has 1 aliphatic carbocycles. The molecule has 0 spiro atoms. The first-order valence-corrected chi connectivity index (χ1v) is 11.6. The summed E-state index contributed by atoms with van der Waals surface area (Å²) in [5.41, 5.74) is 2.98. The van der Waals surface area contributed by atoms with Crippen molar-refractivity contribution in [3.8, 4) is 17.6 Å². The van der Waals surface area contributed by atoms with Crippen LogP contribution < -0.4 is 4.74 Å². The molecule has 3 rings (SSSR count). The highest BCUT2D eigenvalue weighted by atomic mass is 16.7. The van der Waals surface area contributed by atoms with Crippen LogP contribution in [-0.4, -0.2) is 37.4 Å². The van der Waals surface area contributed by atoms with Gasteiger partial charge in [0.1, 0.15) is 11.9 Å². The number of benzene rings is 2. The third kappa shape index (κ3) is 8.48. The molecule has 1 fully saturated rings. The normalized spacial score (nSPS) is 16.4. The molecule has 2 aromatic rings. The zero-order valence-electron chi connectivity index (χ0n) is 19.9. The molecule has 0 N–H and O–H groups in total. The third-order valence-corrected chi connectivity index (χ3v) is 5.65. The van der Waals surface area contributed by atoms with Crippen LogP contribution in [0.1, 0.15) is 48.3 Å². The van der Waals surface area contributed by atoms with Gasteiger partial charge in [-0.1, -0.05) is 37.1 Å². The van der Waals surface area contributed by atoms with Gasteiger partial charge in [0.05, 0.1) is 0 Å². The van der Waals surface area contributed by atoms with Crippen molar-refractivity contribution < 1.29 is 33.3 Å². The Morgan fingerprint density at radius 1 is 0.806 bits per heavy atom. The summed E-state index contributed by atoms with van der Waals surface area (Å²) in [6, 6.07) is 15.4. The number of rotatable bonds is 9. The van der Waals surface area contributed by atoms with E-state index in [0.717, 1.165) is 49.0 Å². The Bertz CT molecular complexity index is 1130. The lowest BCUT2D eigenvalue weighted by Crippen LogP contribution is -2.26. The van der Waals surface area contributed by atoms with Gasteiger partial charge in [0.2, 0.25) is 6.79 Å². The Morgan fingerprint density at radius 3 is 1.94 bits per heavy atom. The highest BCUT2D eigenvalue weighted by molar-refractivity contribution is 5.83. The quantitative estimate of drug-likeness (QED) is 0.169. The highest BCUT2D eigenvalue weighted by Gasteiger charge is 2.25. The first-order chi connectivity index (χ1) is 17.5. The third-order valence-electron chi connectivity index (χ3n) is 5.65. The molecule has 7 nitrogen and oxygen atoms in total. The van der Waals surface area contributed by atoms with Gasteiger partial charge in [-0.3, -0.25) is 0 Å². The van der Waals surface area contributed by atoms with E-state index >= 15 is 0 Å². The van der Waals surface area contributed by atoms with E-state index < -0.39 is 24.5 Å². The summed E-state index contributed by atoms with van der Waals surface area (Å²) >= 11 is 0. The fourth-order valence-corrected chi connectivity index (χ4v) is 3.75. The van der Waals surface area contributed by atoms with Crippen molar-refractivity contribution in [1.29, 1.82) is 0 Å². The highest BCUT2D eigenvalue weighted by Crippen LogP contribution is 2.34. The van der Waals surface area contributed by atoms with Crippen molar-refractivity contribution in [3.63, 3.8) is 0 Å². The van der Waals surface area contributed by atoms with Gasteiger partial charge in [-0.2, -0.15) is 0 Å². The van der Waals surface area contributed by atoms with Gasteiger partial charge in [0.15, 0.2) is 6.61 Å². The van der Waals surface area contributed by atoms with Crippen molar-refractivity contribution in [2.24, 2.45) is 0 Å². The molecule has 36 heavy (non-hydrogen) atoms. The molecule has 1 saturated carbocycles. The van der Waals surface area contributed by atoms with E-state index in [9.17, 15) is 14.4 Å². The zero-order chi connectivity index (χ0) is 25.8. The first kappa shape index (κ1) is 26.3. The van der Waals surface area contributed by atoms with Crippen molar-refractivity contribution >= 4 is 17.9 Å². The van der Waals surface area contributed by atoms with Crippen LogP contribution in [0.2, 0.25) is 0 Å². The van der Waals surface area contributed by atoms with E-state index in [-0.39, 0.29) is 12.9 Å². The Morgan fingerprint density at radius 2 is 1.36 bits per heavy atom. The molecule has 0 atom stereocenters. The van der Waals surface area contributed by atoms with E-state index in [4.69, 9.17) is 18.9 Å². The second-order valence-electron chi connectivity index (χ2n) is 8.10. The lowest BCUT2D eigenvalue weighted by molar-refractivity contribution is -0.161. The Labute approximate surface area is 210 Å². The van der Waals surface area contributed by atoms with Crippen LogP contribution in [-0.2, 0) is 28.6 Å². The molecular formula is C29H28O7. The van der Waals surface area contributed by atoms with Crippen LogP contribution in [0.25, 0.3) is 0 Å². The van der Waals surface area contributed by atoms with E-state index in [2.05, 4.69) is 37.1 Å². The van der Waals surface area contributed by atoms with Crippen LogP contribution in [0.4, 0.5) is 0 Å². The summed E-state index contributed by atoms with van der Waals surface area (Å²) in [6.45, 7) is 6.04. The maximum absolute atomic E-state index is 11.8. The Hall–Kier alpha value is -4.31. The van der Waals surface area contributed by atoms with E-state index in [0.29, 0.717) is 11.7 Å². The second-order valence-corrected chi connectivity index (χ2v) is 8.10. The average molecular weight is 489 g/mol. The van der Waals surface area contributed by atoms with E-state index in [1.165, 1.54) is 5.56 Å². The van der Waals surface area contributed by atoms with Crippen LogP contribution >= 0.6 is 0 Å². The molecule has 0 unspecified atom stereocenters. The average Bonchev–Trinajstić information content (AvgIpc) is 2.92. The van der Waals surface area contributed by atoms with Crippen molar-refractivity contribution in [3.05, 3.63) is 90.5 Å². The summed E-state index contributed by atoms with van der Waals surface area (Å²) in [5, 5.41) is 0. The minimum absolute atomic E-state index is 0.153. The van der Waals surface area contributed by atoms with E-state index in [1.54, 1.807) is 12.1 Å². The minimum atomic E-state index is -0.642. The van der Waals surface area contributed by atoms with Crippen molar-refractivity contribution in [2.45, 2.75) is 37.7 Å². The number of hydrogen-bond acceptors (Lipinski definition) is 7. The molecule has 0 aliphatic heterocycles. The van der Waals surface area contributed by atoms with Crippen molar-refractivity contribution in [2.75, 3.05) is 13.4 Å². The number of carbonyl (C=O) groups excluding carboxylic acids is 3. The fraction of sp³-hybridized carbons (Fsp3) is 0.276. The maximum Gasteiger partial charge on any atom is 0.344 e. The molecule has 0 radical (unpaired) electrons. The monoisotopic (exact) mass is 488 g/mol. The lowest BCUT2D eigenvalue weighted by Gasteiger charge is -2.28. The first-order valence-electron chi connectivity index (χ1n) is 11.6. The van der Waals surface area contributed by atoms with Gasteiger partial charge in [0, 0.05) is 23.3 Å². The largest absolute Gasteiger partial charge is 0.460 e. The fourth-order valence-electron chi connectivity index (χ4n) is 3.75. The van der Waals surface area contributed by atoms with Gasteiger partial charge in [-0.05, 0) is 73.6 Å². The molecule has 7 heteroatoms. The van der Waals surface area contributed by atoms with Crippen LogP contribution in [0, 0.1) is 11.8 Å². The van der Waals surface area contributed by atoms with Gasteiger partial charge in [-0.25, -0.2) is 14.4 Å².